The van der Waals surface area contributed by atoms with Gasteiger partial charge in [-0.3, -0.25) is 4.79 Å². The molecule has 2 aliphatic rings. The third-order valence-electron chi connectivity index (χ3n) is 4.92. The van der Waals surface area contributed by atoms with Crippen LogP contribution in [0.25, 0.3) is 0 Å². The predicted octanol–water partition coefficient (Wildman–Crippen LogP) is 4.46. The highest BCUT2D eigenvalue weighted by Crippen LogP contribution is 2.30. The zero-order valence-electron chi connectivity index (χ0n) is 16.2. The van der Waals surface area contributed by atoms with E-state index in [0.717, 1.165) is 37.9 Å². The maximum absolute atomic E-state index is 12.1. The number of hydrogen-bond acceptors (Lipinski definition) is 4. The number of unbranched alkanes of at least 4 members (excludes halogenated alkanes) is 2. The predicted molar refractivity (Wildman–Crippen MR) is 101 cm³/mol. The Balaban J connectivity index is 1.97. The summed E-state index contributed by atoms with van der Waals surface area (Å²) < 4.78 is 12.0. The zero-order chi connectivity index (χ0) is 18.1. The molecule has 3 atom stereocenters. The summed E-state index contributed by atoms with van der Waals surface area (Å²) in [6.45, 7) is 3.03. The molecule has 0 radical (unpaired) electrons. The van der Waals surface area contributed by atoms with Gasteiger partial charge in [0.15, 0.2) is 12.1 Å². The molecule has 0 aromatic carbocycles. The summed E-state index contributed by atoms with van der Waals surface area (Å²) in [5, 5.41) is 0. The van der Waals surface area contributed by atoms with Crippen molar-refractivity contribution in [2.24, 2.45) is 5.92 Å². The van der Waals surface area contributed by atoms with Crippen LogP contribution < -0.4 is 0 Å². The normalized spacial score (nSPS) is 27.3. The molecule has 0 N–H and O–H groups in total. The zero-order valence-corrected chi connectivity index (χ0v) is 16.2. The monoisotopic (exact) mass is 349 g/mol. The summed E-state index contributed by atoms with van der Waals surface area (Å²) in [6.07, 6.45) is 15.9. The Bertz CT molecular complexity index is 464. The van der Waals surface area contributed by atoms with Crippen molar-refractivity contribution in [3.8, 4) is 0 Å². The number of carbonyl (C=O) groups is 1. The Labute approximate surface area is 153 Å². The van der Waals surface area contributed by atoms with Gasteiger partial charge in [0, 0.05) is 44.8 Å². The molecule has 4 nitrogen and oxygen atoms in total. The smallest absolute Gasteiger partial charge is 0.160 e. The number of carbonyl (C=O) groups excluding carboxylic acids is 1. The second-order valence-corrected chi connectivity index (χ2v) is 7.47. The van der Waals surface area contributed by atoms with Gasteiger partial charge in [0.25, 0.3) is 0 Å². The lowest BCUT2D eigenvalue weighted by atomic mass is 10.0. The highest BCUT2D eigenvalue weighted by Gasteiger charge is 2.27. The van der Waals surface area contributed by atoms with E-state index in [0.29, 0.717) is 6.42 Å². The molecule has 1 saturated heterocycles. The first-order valence-corrected chi connectivity index (χ1v) is 9.97. The van der Waals surface area contributed by atoms with E-state index in [1.807, 2.05) is 25.2 Å². The van der Waals surface area contributed by atoms with Crippen molar-refractivity contribution < 1.29 is 14.3 Å². The number of nitrogens with zero attached hydrogens (tertiary/aromatic N) is 1. The SMILES string of the molecule is CCCCCC(/C=C/C1CCC(=O)C1=CN(C)C)OC1CCCCO1. The molecule has 4 heteroatoms. The molecule has 1 aliphatic heterocycles. The van der Waals surface area contributed by atoms with Crippen LogP contribution in [0.5, 0.6) is 0 Å². The van der Waals surface area contributed by atoms with Gasteiger partial charge in [-0.25, -0.2) is 0 Å². The van der Waals surface area contributed by atoms with E-state index in [1.165, 1.54) is 25.7 Å². The Hall–Kier alpha value is -1.13. The molecular weight excluding hydrogens is 314 g/mol. The van der Waals surface area contributed by atoms with Crippen molar-refractivity contribution in [1.82, 2.24) is 4.90 Å². The average Bonchev–Trinajstić information content (AvgIpc) is 2.93. The topological polar surface area (TPSA) is 38.8 Å². The van der Waals surface area contributed by atoms with Crippen LogP contribution in [0.1, 0.15) is 64.7 Å². The molecule has 0 spiro atoms. The Morgan fingerprint density at radius 2 is 2.12 bits per heavy atom. The second kappa shape index (κ2) is 10.8. The second-order valence-electron chi connectivity index (χ2n) is 7.47. The number of Topliss-reactive ketones (excluding diaryl/α,β-unsaturated/α-hetero) is 1. The van der Waals surface area contributed by atoms with E-state index < -0.39 is 0 Å². The van der Waals surface area contributed by atoms with E-state index in [9.17, 15) is 4.79 Å². The van der Waals surface area contributed by atoms with E-state index in [1.54, 1.807) is 0 Å². The molecule has 0 bridgehead atoms. The third-order valence-corrected chi connectivity index (χ3v) is 4.92. The Morgan fingerprint density at radius 1 is 1.28 bits per heavy atom. The van der Waals surface area contributed by atoms with Crippen LogP contribution in [0.3, 0.4) is 0 Å². The number of allylic oxidation sites excluding steroid dienone is 2. The van der Waals surface area contributed by atoms with Crippen LogP contribution in [0.15, 0.2) is 23.9 Å². The van der Waals surface area contributed by atoms with Crippen LogP contribution >= 0.6 is 0 Å². The van der Waals surface area contributed by atoms with Crippen LogP contribution in [-0.2, 0) is 14.3 Å². The number of ether oxygens (including phenoxy) is 2. The molecule has 1 saturated carbocycles. The molecule has 1 heterocycles. The van der Waals surface area contributed by atoms with Crippen molar-refractivity contribution in [2.75, 3.05) is 20.7 Å². The van der Waals surface area contributed by atoms with E-state index in [-0.39, 0.29) is 24.1 Å². The molecule has 142 valence electrons. The first-order valence-electron chi connectivity index (χ1n) is 9.97. The minimum atomic E-state index is -0.0629. The fraction of sp³-hybridized carbons (Fsp3) is 0.762. The molecule has 2 fully saturated rings. The standard InChI is InChI=1S/C21H35NO3/c1-4-5-6-9-18(25-21-10-7-8-15-24-21)13-11-17-12-14-20(23)19(17)16-22(2)3/h11,13,16-18,21H,4-10,12,14-15H2,1-3H3/b13-11+,19-16?. The van der Waals surface area contributed by atoms with E-state index >= 15 is 0 Å². The van der Waals surface area contributed by atoms with Gasteiger partial charge in [-0.1, -0.05) is 38.3 Å². The van der Waals surface area contributed by atoms with Gasteiger partial charge >= 0.3 is 0 Å². The van der Waals surface area contributed by atoms with Gasteiger partial charge in [-0.2, -0.15) is 0 Å². The summed E-state index contributed by atoms with van der Waals surface area (Å²) in [7, 11) is 3.94. The minimum Gasteiger partial charge on any atom is -0.383 e. The van der Waals surface area contributed by atoms with Gasteiger partial charge in [-0.05, 0) is 32.1 Å². The van der Waals surface area contributed by atoms with Crippen molar-refractivity contribution >= 4 is 5.78 Å². The van der Waals surface area contributed by atoms with Crippen LogP contribution in [-0.4, -0.2) is 43.8 Å². The van der Waals surface area contributed by atoms with Crippen LogP contribution in [0, 0.1) is 5.92 Å². The van der Waals surface area contributed by atoms with Crippen molar-refractivity contribution in [3.63, 3.8) is 0 Å². The molecule has 0 aromatic heterocycles. The quantitative estimate of drug-likeness (QED) is 0.350. The summed E-state index contributed by atoms with van der Waals surface area (Å²) in [4.78, 5) is 14.1. The van der Waals surface area contributed by atoms with Gasteiger partial charge in [0.05, 0.1) is 6.10 Å². The highest BCUT2D eigenvalue weighted by atomic mass is 16.7. The van der Waals surface area contributed by atoms with Crippen LogP contribution in [0.2, 0.25) is 0 Å². The summed E-state index contributed by atoms with van der Waals surface area (Å²) in [6, 6.07) is 0. The third kappa shape index (κ3) is 6.95. The van der Waals surface area contributed by atoms with Crippen molar-refractivity contribution in [1.29, 1.82) is 0 Å². The number of hydrogen-bond donors (Lipinski definition) is 0. The first kappa shape index (κ1) is 20.2. The fourth-order valence-corrected chi connectivity index (χ4v) is 3.52. The van der Waals surface area contributed by atoms with Crippen LogP contribution in [0.4, 0.5) is 0 Å². The summed E-state index contributed by atoms with van der Waals surface area (Å²) in [5.74, 6) is 0.502. The van der Waals surface area contributed by atoms with Gasteiger partial charge in [0.2, 0.25) is 0 Å². The molecule has 3 unspecified atom stereocenters. The van der Waals surface area contributed by atoms with Crippen molar-refractivity contribution in [2.45, 2.75) is 77.1 Å². The largest absolute Gasteiger partial charge is 0.383 e. The lowest BCUT2D eigenvalue weighted by molar-refractivity contribution is -0.179. The molecule has 25 heavy (non-hydrogen) atoms. The van der Waals surface area contributed by atoms with Crippen molar-refractivity contribution in [3.05, 3.63) is 23.9 Å². The number of rotatable bonds is 9. The molecule has 2 rings (SSSR count). The molecule has 0 amide bonds. The van der Waals surface area contributed by atoms with E-state index in [4.69, 9.17) is 9.47 Å². The maximum atomic E-state index is 12.1. The summed E-state index contributed by atoms with van der Waals surface area (Å²) in [5.41, 5.74) is 0.933. The van der Waals surface area contributed by atoms with Gasteiger partial charge < -0.3 is 14.4 Å². The minimum absolute atomic E-state index is 0.0629. The summed E-state index contributed by atoms with van der Waals surface area (Å²) >= 11 is 0. The average molecular weight is 350 g/mol. The fourth-order valence-electron chi connectivity index (χ4n) is 3.52. The highest BCUT2D eigenvalue weighted by molar-refractivity contribution is 5.98. The lowest BCUT2D eigenvalue weighted by Crippen LogP contribution is -2.27. The molecular formula is C21H35NO3. The lowest BCUT2D eigenvalue weighted by Gasteiger charge is -2.26. The van der Waals surface area contributed by atoms with E-state index in [2.05, 4.69) is 19.1 Å². The Morgan fingerprint density at radius 3 is 2.80 bits per heavy atom. The van der Waals surface area contributed by atoms with Gasteiger partial charge in [0.1, 0.15) is 0 Å². The number of ketones is 1. The first-order chi connectivity index (χ1) is 12.1. The molecule has 1 aliphatic carbocycles. The van der Waals surface area contributed by atoms with Gasteiger partial charge in [-0.15, -0.1) is 0 Å². The molecule has 0 aromatic rings. The maximum Gasteiger partial charge on any atom is 0.160 e. The Kier molecular flexibility index (Phi) is 8.70.